The molecule has 182 valence electrons. The van der Waals surface area contributed by atoms with E-state index in [1.54, 1.807) is 53.5 Å². The third-order valence-corrected chi connectivity index (χ3v) is 7.39. The Bertz CT molecular complexity index is 1560. The standard InChI is InChI=1S/C24H25N5O5S/c1-28-13-18(12-26-28)17-9-22-23(25-11-17)6-4-16-3-5-19(10-21(16)24(22)30)27-35(31,32)29(2)14-20-15-33-7-8-34-20/h3-6,9-13,20,27H,7-8,14-15H2,1-2H3/t20-/m0/s1. The van der Waals surface area contributed by atoms with Gasteiger partial charge in [-0.1, -0.05) is 12.1 Å². The minimum absolute atomic E-state index is 0.151. The fourth-order valence-corrected chi connectivity index (χ4v) is 4.99. The van der Waals surface area contributed by atoms with Gasteiger partial charge in [0.1, 0.15) is 0 Å². The van der Waals surface area contributed by atoms with Gasteiger partial charge in [-0.2, -0.15) is 17.8 Å². The van der Waals surface area contributed by atoms with Gasteiger partial charge >= 0.3 is 10.2 Å². The molecule has 1 atom stereocenters. The molecule has 1 aliphatic heterocycles. The maximum absolute atomic E-state index is 13.5. The Morgan fingerprint density at radius 2 is 1.94 bits per heavy atom. The second kappa shape index (κ2) is 9.34. The van der Waals surface area contributed by atoms with Crippen molar-refractivity contribution in [2.75, 3.05) is 38.1 Å². The second-order valence-electron chi connectivity index (χ2n) is 8.48. The van der Waals surface area contributed by atoms with Crippen LogP contribution in [-0.2, 0) is 26.7 Å². The first-order valence-electron chi connectivity index (χ1n) is 11.1. The number of anilines is 1. The van der Waals surface area contributed by atoms with Gasteiger partial charge in [-0.05, 0) is 29.7 Å². The van der Waals surface area contributed by atoms with Crippen molar-refractivity contribution in [1.29, 1.82) is 0 Å². The molecule has 0 saturated carbocycles. The highest BCUT2D eigenvalue weighted by molar-refractivity contribution is 7.90. The van der Waals surface area contributed by atoms with Crippen molar-refractivity contribution in [2.45, 2.75) is 6.10 Å². The summed E-state index contributed by atoms with van der Waals surface area (Å²) < 4.78 is 42.1. The molecule has 0 radical (unpaired) electrons. The Hall–Kier alpha value is -3.38. The molecule has 35 heavy (non-hydrogen) atoms. The summed E-state index contributed by atoms with van der Waals surface area (Å²) in [4.78, 5) is 18.0. The van der Waals surface area contributed by atoms with Crippen LogP contribution < -0.4 is 10.2 Å². The Labute approximate surface area is 202 Å². The van der Waals surface area contributed by atoms with Crippen LogP contribution in [0.1, 0.15) is 0 Å². The normalized spacial score (nSPS) is 16.7. The fraction of sp³-hybridized carbons (Fsp3) is 0.292. The molecule has 1 saturated heterocycles. The minimum atomic E-state index is -3.87. The molecular weight excluding hydrogens is 470 g/mol. The van der Waals surface area contributed by atoms with Crippen LogP contribution in [0.5, 0.6) is 0 Å². The Morgan fingerprint density at radius 1 is 1.11 bits per heavy atom. The Morgan fingerprint density at radius 3 is 2.69 bits per heavy atom. The topological polar surface area (TPSA) is 116 Å². The van der Waals surface area contributed by atoms with Crippen LogP contribution in [0.25, 0.3) is 32.8 Å². The van der Waals surface area contributed by atoms with Gasteiger partial charge in [-0.15, -0.1) is 0 Å². The molecule has 4 aromatic rings. The number of ether oxygens (including phenoxy) is 2. The number of benzene rings is 1. The van der Waals surface area contributed by atoms with Crippen LogP contribution in [0.4, 0.5) is 5.69 Å². The summed E-state index contributed by atoms with van der Waals surface area (Å²) in [6, 6.07) is 10.3. The third kappa shape index (κ3) is 4.89. The van der Waals surface area contributed by atoms with E-state index in [1.807, 2.05) is 13.2 Å². The lowest BCUT2D eigenvalue weighted by Gasteiger charge is -2.27. The van der Waals surface area contributed by atoms with E-state index in [0.717, 1.165) is 11.1 Å². The summed E-state index contributed by atoms with van der Waals surface area (Å²) in [6.45, 7) is 1.43. The first-order valence-corrected chi connectivity index (χ1v) is 12.5. The smallest absolute Gasteiger partial charge is 0.301 e. The van der Waals surface area contributed by atoms with Gasteiger partial charge in [0.05, 0.1) is 43.3 Å². The first-order chi connectivity index (χ1) is 16.8. The van der Waals surface area contributed by atoms with Crippen LogP contribution >= 0.6 is 0 Å². The van der Waals surface area contributed by atoms with Crippen molar-refractivity contribution >= 4 is 37.6 Å². The molecular formula is C24H25N5O5S. The Balaban J connectivity index is 1.50. The zero-order valence-electron chi connectivity index (χ0n) is 19.3. The largest absolute Gasteiger partial charge is 0.376 e. The van der Waals surface area contributed by atoms with Crippen LogP contribution in [0.2, 0.25) is 0 Å². The van der Waals surface area contributed by atoms with Gasteiger partial charge in [0.25, 0.3) is 0 Å². The van der Waals surface area contributed by atoms with E-state index in [1.165, 1.54) is 11.4 Å². The van der Waals surface area contributed by atoms with Gasteiger partial charge < -0.3 is 9.47 Å². The lowest BCUT2D eigenvalue weighted by molar-refractivity contribution is -0.0908. The predicted octanol–water partition coefficient (Wildman–Crippen LogP) is 2.15. The lowest BCUT2D eigenvalue weighted by Crippen LogP contribution is -2.42. The number of aromatic nitrogens is 3. The molecule has 0 spiro atoms. The summed E-state index contributed by atoms with van der Waals surface area (Å²) in [7, 11) is -0.578. The lowest BCUT2D eigenvalue weighted by atomic mass is 10.1. The maximum Gasteiger partial charge on any atom is 0.301 e. The number of rotatable bonds is 6. The Kier molecular flexibility index (Phi) is 6.24. The number of aryl methyl sites for hydroxylation is 1. The van der Waals surface area contributed by atoms with Gasteiger partial charge in [0.15, 0.2) is 5.43 Å². The van der Waals surface area contributed by atoms with E-state index in [-0.39, 0.29) is 23.8 Å². The fourth-order valence-electron chi connectivity index (χ4n) is 4.05. The van der Waals surface area contributed by atoms with E-state index in [9.17, 15) is 13.2 Å². The van der Waals surface area contributed by atoms with Crippen molar-refractivity contribution in [3.8, 4) is 11.1 Å². The van der Waals surface area contributed by atoms with Crippen molar-refractivity contribution in [3.05, 3.63) is 65.2 Å². The van der Waals surface area contributed by atoms with Crippen molar-refractivity contribution in [3.63, 3.8) is 0 Å². The average Bonchev–Trinajstić information content (AvgIpc) is 3.23. The molecule has 11 heteroatoms. The number of pyridine rings is 1. The van der Waals surface area contributed by atoms with E-state index in [0.29, 0.717) is 41.5 Å². The molecule has 1 aliphatic rings. The number of likely N-dealkylation sites (N-methyl/N-ethyl adjacent to an activating group) is 1. The van der Waals surface area contributed by atoms with Crippen LogP contribution in [-0.4, -0.2) is 67.0 Å². The highest BCUT2D eigenvalue weighted by atomic mass is 32.2. The molecule has 2 aromatic heterocycles. The van der Waals surface area contributed by atoms with Gasteiger partial charge in [0.2, 0.25) is 0 Å². The first kappa shape index (κ1) is 23.4. The van der Waals surface area contributed by atoms with Crippen LogP contribution in [0, 0.1) is 0 Å². The third-order valence-electron chi connectivity index (χ3n) is 5.92. The number of fused-ring (bicyclic) bond motifs is 2. The second-order valence-corrected chi connectivity index (χ2v) is 10.3. The van der Waals surface area contributed by atoms with Crippen molar-refractivity contribution < 1.29 is 17.9 Å². The summed E-state index contributed by atoms with van der Waals surface area (Å²) in [5.41, 5.74) is 2.23. The molecule has 0 unspecified atom stereocenters. The molecule has 1 N–H and O–H groups in total. The molecule has 5 rings (SSSR count). The summed E-state index contributed by atoms with van der Waals surface area (Å²) in [6.07, 6.45) is 4.94. The van der Waals surface area contributed by atoms with Gasteiger partial charge in [0, 0.05) is 54.9 Å². The van der Waals surface area contributed by atoms with Crippen LogP contribution in [0.15, 0.2) is 59.8 Å². The highest BCUT2D eigenvalue weighted by Crippen LogP contribution is 2.23. The van der Waals surface area contributed by atoms with E-state index >= 15 is 0 Å². The van der Waals surface area contributed by atoms with E-state index < -0.39 is 10.2 Å². The SMILES string of the molecule is CN(C[C@H]1COCCO1)S(=O)(=O)Nc1ccc2ccc3ncc(-c4cnn(C)c4)cc3c(=O)c2c1. The molecule has 0 amide bonds. The molecule has 10 nitrogen and oxygen atoms in total. The molecule has 2 aromatic carbocycles. The number of nitrogens with zero attached hydrogens (tertiary/aromatic N) is 4. The zero-order valence-corrected chi connectivity index (χ0v) is 20.2. The predicted molar refractivity (Wildman–Crippen MR) is 133 cm³/mol. The molecule has 3 heterocycles. The van der Waals surface area contributed by atoms with E-state index in [2.05, 4.69) is 14.8 Å². The zero-order chi connectivity index (χ0) is 24.6. The monoisotopic (exact) mass is 495 g/mol. The van der Waals surface area contributed by atoms with Gasteiger partial charge in [-0.3, -0.25) is 19.2 Å². The number of nitrogens with one attached hydrogen (secondary N) is 1. The number of hydrogen-bond donors (Lipinski definition) is 1. The molecule has 0 aliphatic carbocycles. The van der Waals surface area contributed by atoms with E-state index in [4.69, 9.17) is 9.47 Å². The van der Waals surface area contributed by atoms with Gasteiger partial charge in [-0.25, -0.2) is 0 Å². The molecule has 0 bridgehead atoms. The quantitative estimate of drug-likeness (QED) is 0.436. The molecule has 1 fully saturated rings. The highest BCUT2D eigenvalue weighted by Gasteiger charge is 2.24. The van der Waals surface area contributed by atoms with Crippen molar-refractivity contribution in [2.24, 2.45) is 7.05 Å². The number of hydrogen-bond acceptors (Lipinski definition) is 7. The summed E-state index contributed by atoms with van der Waals surface area (Å²) in [5, 5.41) is 5.69. The summed E-state index contributed by atoms with van der Waals surface area (Å²) in [5.74, 6) is 0. The van der Waals surface area contributed by atoms with Crippen LogP contribution in [0.3, 0.4) is 0 Å². The average molecular weight is 496 g/mol. The maximum atomic E-state index is 13.5. The summed E-state index contributed by atoms with van der Waals surface area (Å²) >= 11 is 0. The minimum Gasteiger partial charge on any atom is -0.376 e. The van der Waals surface area contributed by atoms with Crippen molar-refractivity contribution in [1.82, 2.24) is 19.1 Å².